The van der Waals surface area contributed by atoms with Crippen molar-refractivity contribution in [3.05, 3.63) is 17.7 Å². The van der Waals surface area contributed by atoms with E-state index in [0.717, 1.165) is 25.7 Å². The van der Waals surface area contributed by atoms with Crippen LogP contribution in [0.25, 0.3) is 0 Å². The van der Waals surface area contributed by atoms with E-state index < -0.39 is 10.0 Å². The van der Waals surface area contributed by atoms with Gasteiger partial charge in [0.25, 0.3) is 0 Å². The van der Waals surface area contributed by atoms with Crippen LogP contribution in [-0.2, 0) is 10.0 Å². The number of rotatable bonds is 5. The lowest BCUT2D eigenvalue weighted by molar-refractivity contribution is 0.166. The van der Waals surface area contributed by atoms with E-state index >= 15 is 0 Å². The summed E-state index contributed by atoms with van der Waals surface area (Å²) in [6.07, 6.45) is 5.60. The van der Waals surface area contributed by atoms with Crippen molar-refractivity contribution in [2.75, 3.05) is 40.4 Å². The largest absolute Gasteiger partial charge is 0.493 e. The minimum atomic E-state index is -3.69. The lowest BCUT2D eigenvalue weighted by Gasteiger charge is -2.35. The van der Waals surface area contributed by atoms with Gasteiger partial charge in [0.05, 0.1) is 19.1 Å². The molecular formula is C20H31N3O5S. The van der Waals surface area contributed by atoms with Gasteiger partial charge in [0.15, 0.2) is 11.5 Å². The highest BCUT2D eigenvalue weighted by atomic mass is 32.2. The van der Waals surface area contributed by atoms with Crippen molar-refractivity contribution in [3.63, 3.8) is 0 Å². The third-order valence-corrected chi connectivity index (χ3v) is 7.80. The summed E-state index contributed by atoms with van der Waals surface area (Å²) in [5.74, 6) is 0.871. The lowest BCUT2D eigenvalue weighted by atomic mass is 9.96. The summed E-state index contributed by atoms with van der Waals surface area (Å²) in [6.45, 7) is 3.04. The summed E-state index contributed by atoms with van der Waals surface area (Å²) >= 11 is 0. The maximum atomic E-state index is 13.2. The normalized spacial score (nSPS) is 19.1. The van der Waals surface area contributed by atoms with E-state index in [0.29, 0.717) is 30.2 Å². The quantitative estimate of drug-likeness (QED) is 0.782. The molecule has 1 saturated carbocycles. The molecule has 2 amide bonds. The van der Waals surface area contributed by atoms with Gasteiger partial charge in [0, 0.05) is 38.3 Å². The number of urea groups is 1. The Morgan fingerprint density at radius 3 is 2.17 bits per heavy atom. The second-order valence-electron chi connectivity index (χ2n) is 7.65. The zero-order valence-corrected chi connectivity index (χ0v) is 18.3. The van der Waals surface area contributed by atoms with Crippen LogP contribution in [0.1, 0.15) is 37.7 Å². The van der Waals surface area contributed by atoms with Crippen molar-refractivity contribution in [1.82, 2.24) is 14.5 Å². The molecule has 1 aliphatic heterocycles. The number of aryl methyl sites for hydroxylation is 1. The van der Waals surface area contributed by atoms with Crippen LogP contribution >= 0.6 is 0 Å². The van der Waals surface area contributed by atoms with E-state index in [1.54, 1.807) is 17.9 Å². The van der Waals surface area contributed by atoms with Crippen LogP contribution in [0, 0.1) is 6.92 Å². The summed E-state index contributed by atoms with van der Waals surface area (Å²) in [4.78, 5) is 14.4. The van der Waals surface area contributed by atoms with Crippen LogP contribution < -0.4 is 14.8 Å². The molecule has 0 radical (unpaired) electrons. The fourth-order valence-corrected chi connectivity index (χ4v) is 5.67. The van der Waals surface area contributed by atoms with Gasteiger partial charge in [-0.15, -0.1) is 0 Å². The molecule has 0 atom stereocenters. The first-order valence-corrected chi connectivity index (χ1v) is 11.6. The van der Waals surface area contributed by atoms with Crippen LogP contribution in [-0.4, -0.2) is 70.1 Å². The molecule has 29 heavy (non-hydrogen) atoms. The molecule has 9 heteroatoms. The predicted octanol–water partition coefficient (Wildman–Crippen LogP) is 2.36. The van der Waals surface area contributed by atoms with Crippen LogP contribution in [0.4, 0.5) is 4.79 Å². The molecule has 0 aromatic heterocycles. The zero-order valence-electron chi connectivity index (χ0n) is 17.4. The number of benzene rings is 1. The lowest BCUT2D eigenvalue weighted by Crippen LogP contribution is -2.54. The molecule has 8 nitrogen and oxygen atoms in total. The molecule has 0 bridgehead atoms. The van der Waals surface area contributed by atoms with Gasteiger partial charge in [-0.3, -0.25) is 0 Å². The number of carbonyl (C=O) groups excluding carboxylic acids is 1. The summed E-state index contributed by atoms with van der Waals surface area (Å²) in [5, 5.41) is 3.10. The third-order valence-electron chi connectivity index (χ3n) is 5.76. The van der Waals surface area contributed by atoms with Crippen molar-refractivity contribution in [2.24, 2.45) is 0 Å². The molecule has 2 aliphatic rings. The molecular weight excluding hydrogens is 394 g/mol. The van der Waals surface area contributed by atoms with Gasteiger partial charge >= 0.3 is 6.03 Å². The van der Waals surface area contributed by atoms with E-state index in [2.05, 4.69) is 5.32 Å². The number of sulfonamides is 1. The molecule has 1 aromatic rings. The minimum Gasteiger partial charge on any atom is -0.493 e. The standard InChI is InChI=1S/C20H31N3O5S/c1-15-13-17(27-2)18(28-3)14-19(15)29(25,26)23-11-9-22(10-12-23)20(24)21-16-7-5-4-6-8-16/h13-14,16H,4-12H2,1-3H3,(H,21,24). The Balaban J connectivity index is 1.66. The van der Waals surface area contributed by atoms with Gasteiger partial charge in [-0.1, -0.05) is 19.3 Å². The second-order valence-corrected chi connectivity index (χ2v) is 9.55. The average molecular weight is 426 g/mol. The van der Waals surface area contributed by atoms with Crippen LogP contribution in [0.3, 0.4) is 0 Å². The Bertz CT molecular complexity index is 829. The summed E-state index contributed by atoms with van der Waals surface area (Å²) < 4.78 is 38.3. The molecule has 1 heterocycles. The molecule has 1 aliphatic carbocycles. The Labute approximate surface area is 173 Å². The van der Waals surface area contributed by atoms with Crippen LogP contribution in [0.5, 0.6) is 11.5 Å². The molecule has 1 aromatic carbocycles. The number of nitrogens with zero attached hydrogens (tertiary/aromatic N) is 2. The maximum absolute atomic E-state index is 13.2. The van der Waals surface area contributed by atoms with Crippen molar-refractivity contribution in [3.8, 4) is 11.5 Å². The number of amides is 2. The van der Waals surface area contributed by atoms with Crippen molar-refractivity contribution >= 4 is 16.1 Å². The highest BCUT2D eigenvalue weighted by molar-refractivity contribution is 7.89. The number of methoxy groups -OCH3 is 2. The van der Waals surface area contributed by atoms with Gasteiger partial charge in [0.2, 0.25) is 10.0 Å². The van der Waals surface area contributed by atoms with E-state index in [1.165, 1.54) is 31.0 Å². The van der Waals surface area contributed by atoms with Gasteiger partial charge in [-0.25, -0.2) is 13.2 Å². The van der Waals surface area contributed by atoms with E-state index in [-0.39, 0.29) is 30.1 Å². The fraction of sp³-hybridized carbons (Fsp3) is 0.650. The fourth-order valence-electron chi connectivity index (χ4n) is 4.02. The monoisotopic (exact) mass is 425 g/mol. The number of ether oxygens (including phenoxy) is 2. The van der Waals surface area contributed by atoms with E-state index in [9.17, 15) is 13.2 Å². The number of nitrogens with one attached hydrogen (secondary N) is 1. The minimum absolute atomic E-state index is 0.0868. The first-order chi connectivity index (χ1) is 13.9. The van der Waals surface area contributed by atoms with Crippen molar-refractivity contribution in [2.45, 2.75) is 50.0 Å². The van der Waals surface area contributed by atoms with E-state index in [1.807, 2.05) is 0 Å². The van der Waals surface area contributed by atoms with Gasteiger partial charge in [-0.05, 0) is 31.4 Å². The second kappa shape index (κ2) is 9.21. The number of hydrogen-bond acceptors (Lipinski definition) is 5. The topological polar surface area (TPSA) is 88.2 Å². The molecule has 3 rings (SSSR count). The summed E-state index contributed by atoms with van der Waals surface area (Å²) in [7, 11) is -0.691. The number of hydrogen-bond donors (Lipinski definition) is 1. The maximum Gasteiger partial charge on any atom is 0.317 e. The highest BCUT2D eigenvalue weighted by Crippen LogP contribution is 2.33. The van der Waals surface area contributed by atoms with Crippen LogP contribution in [0.15, 0.2) is 17.0 Å². The van der Waals surface area contributed by atoms with E-state index in [4.69, 9.17) is 9.47 Å². The van der Waals surface area contributed by atoms with Gasteiger partial charge in [-0.2, -0.15) is 4.31 Å². The number of carbonyl (C=O) groups is 1. The summed E-state index contributed by atoms with van der Waals surface area (Å²) in [6, 6.07) is 3.33. The van der Waals surface area contributed by atoms with Crippen LogP contribution in [0.2, 0.25) is 0 Å². The first-order valence-electron chi connectivity index (χ1n) is 10.1. The molecule has 1 saturated heterocycles. The molecule has 0 spiro atoms. The van der Waals surface area contributed by atoms with Gasteiger partial charge in [0.1, 0.15) is 0 Å². The van der Waals surface area contributed by atoms with Gasteiger partial charge < -0.3 is 19.7 Å². The first kappa shape index (κ1) is 21.7. The zero-order chi connectivity index (χ0) is 21.0. The SMILES string of the molecule is COc1cc(C)c(S(=O)(=O)N2CCN(C(=O)NC3CCCCC3)CC2)cc1OC. The Morgan fingerprint density at radius 2 is 1.59 bits per heavy atom. The number of piperazine rings is 1. The Hall–Kier alpha value is -2.00. The van der Waals surface area contributed by atoms with Crippen molar-refractivity contribution in [1.29, 1.82) is 0 Å². The molecule has 1 N–H and O–H groups in total. The predicted molar refractivity (Wildman–Crippen MR) is 110 cm³/mol. The molecule has 0 unspecified atom stereocenters. The average Bonchev–Trinajstić information content (AvgIpc) is 2.74. The smallest absolute Gasteiger partial charge is 0.317 e. The molecule has 162 valence electrons. The Morgan fingerprint density at radius 1 is 1.00 bits per heavy atom. The van der Waals surface area contributed by atoms with Crippen molar-refractivity contribution < 1.29 is 22.7 Å². The Kier molecular flexibility index (Phi) is 6.89. The summed E-state index contributed by atoms with van der Waals surface area (Å²) in [5.41, 5.74) is 0.597. The third kappa shape index (κ3) is 4.78. The molecule has 2 fully saturated rings. The highest BCUT2D eigenvalue weighted by Gasteiger charge is 2.32.